The number of hydrogen-bond donors (Lipinski definition) is 1. The molecule has 9 heteroatoms. The Hall–Kier alpha value is -2.91. The maximum Gasteiger partial charge on any atom is 0.326 e. The van der Waals surface area contributed by atoms with Crippen LogP contribution in [0, 0.1) is 0 Å². The number of fused-ring (bicyclic) bond motifs is 1. The fourth-order valence-corrected chi connectivity index (χ4v) is 7.01. The molecule has 34 heavy (non-hydrogen) atoms. The number of rotatable bonds is 6. The minimum Gasteiger partial charge on any atom is -0.333 e. The van der Waals surface area contributed by atoms with Crippen LogP contribution in [0.2, 0.25) is 0 Å². The van der Waals surface area contributed by atoms with Gasteiger partial charge in [0.2, 0.25) is 5.91 Å². The first-order valence-corrected chi connectivity index (χ1v) is 13.7. The van der Waals surface area contributed by atoms with Crippen molar-refractivity contribution in [1.82, 2.24) is 19.4 Å². The largest absolute Gasteiger partial charge is 0.333 e. The van der Waals surface area contributed by atoms with Gasteiger partial charge in [-0.1, -0.05) is 42.5 Å². The van der Waals surface area contributed by atoms with Crippen LogP contribution in [0.5, 0.6) is 0 Å². The number of carbonyl (C=O) groups excluding carboxylic acids is 1. The van der Waals surface area contributed by atoms with E-state index in [1.165, 1.54) is 0 Å². The molecule has 1 aromatic heterocycles. The number of piperidine rings is 1. The van der Waals surface area contributed by atoms with Crippen molar-refractivity contribution in [3.05, 3.63) is 70.6 Å². The number of likely N-dealkylation sites (tertiary alicyclic amines) is 1. The van der Waals surface area contributed by atoms with Crippen molar-refractivity contribution in [1.29, 1.82) is 0 Å². The van der Waals surface area contributed by atoms with Gasteiger partial charge in [-0.2, -0.15) is 0 Å². The van der Waals surface area contributed by atoms with E-state index >= 15 is 0 Å². The Kier molecular flexibility index (Phi) is 6.31. The lowest BCUT2D eigenvalue weighted by Gasteiger charge is -2.35. The summed E-state index contributed by atoms with van der Waals surface area (Å²) in [5, 5.41) is 0. The number of hydrogen-bond acceptors (Lipinski definition) is 5. The van der Waals surface area contributed by atoms with Gasteiger partial charge in [0.15, 0.2) is 9.84 Å². The number of aromatic amines is 1. The predicted molar refractivity (Wildman–Crippen MR) is 131 cm³/mol. The molecule has 0 aliphatic carbocycles. The molecule has 0 spiro atoms. The van der Waals surface area contributed by atoms with Crippen molar-refractivity contribution in [3.8, 4) is 0 Å². The van der Waals surface area contributed by atoms with Gasteiger partial charge in [-0.25, -0.2) is 13.2 Å². The zero-order valence-electron chi connectivity index (χ0n) is 19.1. The number of para-hydroxylation sites is 2. The Morgan fingerprint density at radius 2 is 1.71 bits per heavy atom. The number of nitrogens with zero attached hydrogens (tertiary/aromatic N) is 3. The van der Waals surface area contributed by atoms with Crippen molar-refractivity contribution in [2.75, 3.05) is 31.1 Å². The highest BCUT2D eigenvalue weighted by Crippen LogP contribution is 2.26. The zero-order valence-corrected chi connectivity index (χ0v) is 19.9. The quantitative estimate of drug-likeness (QED) is 0.581. The van der Waals surface area contributed by atoms with Crippen LogP contribution in [0.25, 0.3) is 11.0 Å². The molecule has 0 radical (unpaired) electrons. The van der Waals surface area contributed by atoms with E-state index in [4.69, 9.17) is 0 Å². The number of nitrogens with one attached hydrogen (secondary N) is 1. The summed E-state index contributed by atoms with van der Waals surface area (Å²) in [7, 11) is -3.10. The summed E-state index contributed by atoms with van der Waals surface area (Å²) in [5.41, 5.74) is 2.66. The molecule has 3 aromatic rings. The second-order valence-corrected chi connectivity index (χ2v) is 11.6. The smallest absolute Gasteiger partial charge is 0.326 e. The van der Waals surface area contributed by atoms with Crippen molar-refractivity contribution < 1.29 is 13.2 Å². The van der Waals surface area contributed by atoms with E-state index in [0.29, 0.717) is 26.1 Å². The molecule has 0 bridgehead atoms. The molecule has 2 aliphatic heterocycles. The summed E-state index contributed by atoms with van der Waals surface area (Å²) in [4.78, 5) is 32.7. The van der Waals surface area contributed by atoms with Gasteiger partial charge in [0.25, 0.3) is 0 Å². The summed E-state index contributed by atoms with van der Waals surface area (Å²) >= 11 is 0. The van der Waals surface area contributed by atoms with E-state index in [1.807, 2.05) is 59.2 Å². The second kappa shape index (κ2) is 9.38. The second-order valence-electron chi connectivity index (χ2n) is 9.39. The normalized spacial score (nSPS) is 21.1. The number of aromatic nitrogens is 2. The highest BCUT2D eigenvalue weighted by Gasteiger charge is 2.35. The summed E-state index contributed by atoms with van der Waals surface area (Å²) in [6.45, 7) is 2.11. The fourth-order valence-electron chi connectivity index (χ4n) is 5.28. The Morgan fingerprint density at radius 3 is 2.41 bits per heavy atom. The van der Waals surface area contributed by atoms with Crippen molar-refractivity contribution >= 4 is 26.8 Å². The topological polar surface area (TPSA) is 95.5 Å². The van der Waals surface area contributed by atoms with Crippen LogP contribution in [0.3, 0.4) is 0 Å². The summed E-state index contributed by atoms with van der Waals surface area (Å²) < 4.78 is 26.0. The maximum atomic E-state index is 13.4. The molecule has 2 aliphatic rings. The average molecular weight is 483 g/mol. The van der Waals surface area contributed by atoms with Crippen LogP contribution in [0.1, 0.15) is 30.9 Å². The van der Waals surface area contributed by atoms with Gasteiger partial charge in [-0.15, -0.1) is 0 Å². The monoisotopic (exact) mass is 482 g/mol. The van der Waals surface area contributed by atoms with Gasteiger partial charge in [-0.05, 0) is 37.0 Å². The molecule has 5 rings (SSSR count). The molecule has 2 saturated heterocycles. The molecule has 2 fully saturated rings. The lowest BCUT2D eigenvalue weighted by molar-refractivity contribution is -0.135. The van der Waals surface area contributed by atoms with E-state index in [0.717, 1.165) is 29.4 Å². The van der Waals surface area contributed by atoms with Gasteiger partial charge in [-0.3, -0.25) is 14.3 Å². The molecule has 0 saturated carbocycles. The van der Waals surface area contributed by atoms with Gasteiger partial charge >= 0.3 is 5.69 Å². The van der Waals surface area contributed by atoms with Gasteiger partial charge in [0, 0.05) is 31.7 Å². The van der Waals surface area contributed by atoms with E-state index in [1.54, 1.807) is 4.90 Å². The average Bonchev–Trinajstić information content (AvgIpc) is 3.36. The van der Waals surface area contributed by atoms with E-state index in [9.17, 15) is 18.0 Å². The van der Waals surface area contributed by atoms with Crippen LogP contribution in [0.15, 0.2) is 59.4 Å². The van der Waals surface area contributed by atoms with Gasteiger partial charge in [0.05, 0.1) is 29.1 Å². The minimum absolute atomic E-state index is 0.0336. The lowest BCUT2D eigenvalue weighted by Crippen LogP contribution is -2.47. The molecule has 2 aromatic carbocycles. The highest BCUT2D eigenvalue weighted by atomic mass is 32.2. The van der Waals surface area contributed by atoms with Crippen LogP contribution in [0.4, 0.5) is 0 Å². The first kappa shape index (κ1) is 22.9. The SMILES string of the molecule is O=C(CN1CCC(n2c(=O)[nH]c3ccccc32)CC1)N(Cc1ccccc1)[C@H]1CCS(=O)(=O)C1. The predicted octanol–water partition coefficient (Wildman–Crippen LogP) is 2.18. The van der Waals surface area contributed by atoms with E-state index in [2.05, 4.69) is 9.88 Å². The van der Waals surface area contributed by atoms with Gasteiger partial charge in [0.1, 0.15) is 0 Å². The molecule has 1 atom stereocenters. The summed E-state index contributed by atoms with van der Waals surface area (Å²) in [6, 6.07) is 17.3. The zero-order chi connectivity index (χ0) is 23.7. The van der Waals surface area contributed by atoms with Crippen LogP contribution >= 0.6 is 0 Å². The molecule has 0 unspecified atom stereocenters. The third kappa shape index (κ3) is 4.81. The molecule has 1 N–H and O–H groups in total. The van der Waals surface area contributed by atoms with Crippen LogP contribution in [-0.4, -0.2) is 70.9 Å². The molecule has 1 amide bonds. The maximum absolute atomic E-state index is 13.4. The number of amides is 1. The van der Waals surface area contributed by atoms with Crippen molar-refractivity contribution in [3.63, 3.8) is 0 Å². The van der Waals surface area contributed by atoms with E-state index < -0.39 is 9.84 Å². The Labute approximate surface area is 199 Å². The molecule has 180 valence electrons. The Bertz CT molecular complexity index is 1320. The van der Waals surface area contributed by atoms with Crippen LogP contribution < -0.4 is 5.69 Å². The molecule has 8 nitrogen and oxygen atoms in total. The molecule has 3 heterocycles. The minimum atomic E-state index is -3.10. The molecular formula is C25H30N4O4S. The summed E-state index contributed by atoms with van der Waals surface area (Å²) in [6.07, 6.45) is 2.06. The Balaban J connectivity index is 1.26. The van der Waals surface area contributed by atoms with Crippen molar-refractivity contribution in [2.24, 2.45) is 0 Å². The number of benzene rings is 2. The van der Waals surface area contributed by atoms with E-state index in [-0.39, 0.29) is 41.7 Å². The lowest BCUT2D eigenvalue weighted by atomic mass is 10.0. The third-order valence-electron chi connectivity index (χ3n) is 7.07. The number of sulfone groups is 1. The Morgan fingerprint density at radius 1 is 1.00 bits per heavy atom. The van der Waals surface area contributed by atoms with Crippen molar-refractivity contribution in [2.45, 2.75) is 37.9 Å². The third-order valence-corrected chi connectivity index (χ3v) is 8.82. The highest BCUT2D eigenvalue weighted by molar-refractivity contribution is 7.91. The number of H-pyrrole nitrogens is 1. The molecular weight excluding hydrogens is 452 g/mol. The number of carbonyl (C=O) groups is 1. The van der Waals surface area contributed by atoms with Gasteiger partial charge < -0.3 is 9.88 Å². The number of imidazole rings is 1. The first-order valence-electron chi connectivity index (χ1n) is 11.8. The standard InChI is InChI=1S/C25H30N4O4S/c30-24(28(16-19-6-2-1-3-7-19)21-12-15-34(32,33)18-21)17-27-13-10-20(11-14-27)29-23-9-5-4-8-22(23)26-25(29)31/h1-9,20-21H,10-18H2,(H,26,31)/t21-/m0/s1. The first-order chi connectivity index (χ1) is 16.4. The van der Waals surface area contributed by atoms with Crippen LogP contribution in [-0.2, 0) is 21.2 Å². The summed E-state index contributed by atoms with van der Waals surface area (Å²) in [5.74, 6) is 0.145. The fraction of sp³-hybridized carbons (Fsp3) is 0.440.